The minimum atomic E-state index is 0.890. The molecule has 0 radical (unpaired) electrons. The minimum absolute atomic E-state index is 0.890. The van der Waals surface area contributed by atoms with E-state index in [2.05, 4.69) is 41.2 Å². The van der Waals surface area contributed by atoms with E-state index in [0.29, 0.717) is 0 Å². The Hall–Kier alpha value is -3.92. The molecule has 2 aliphatic carbocycles. The molecule has 2 aliphatic rings. The molecule has 0 saturated carbocycles. The van der Waals surface area contributed by atoms with E-state index in [1.54, 1.807) is 7.05 Å². The van der Waals surface area contributed by atoms with E-state index >= 15 is 0 Å². The van der Waals surface area contributed by atoms with Crippen LogP contribution in [0.5, 0.6) is 0 Å². The SMILES string of the molecule is CCCCc1ccc(N=C2C=CC(=Nc3ccc(N=C4C=CC(=NC)C=C4)cc3)C=C2)cc1. The van der Waals surface area contributed by atoms with Crippen molar-refractivity contribution < 1.29 is 0 Å². The van der Waals surface area contributed by atoms with E-state index in [1.165, 1.54) is 18.4 Å². The number of aryl methyl sites for hydroxylation is 1. The summed E-state index contributed by atoms with van der Waals surface area (Å²) in [5.41, 5.74) is 7.79. The van der Waals surface area contributed by atoms with Crippen molar-refractivity contribution in [2.24, 2.45) is 20.0 Å². The maximum absolute atomic E-state index is 4.71. The molecule has 0 saturated heterocycles. The Kier molecular flexibility index (Phi) is 7.49. The van der Waals surface area contributed by atoms with E-state index in [0.717, 1.165) is 46.3 Å². The van der Waals surface area contributed by atoms with Crippen molar-refractivity contribution >= 4 is 39.9 Å². The highest BCUT2D eigenvalue weighted by molar-refractivity contribution is 6.20. The van der Waals surface area contributed by atoms with E-state index in [-0.39, 0.29) is 0 Å². The summed E-state index contributed by atoms with van der Waals surface area (Å²) in [6.45, 7) is 2.22. The number of aliphatic imine (C=N–C) groups is 4. The predicted octanol–water partition coefficient (Wildman–Crippen LogP) is 7.27. The fraction of sp³-hybridized carbons (Fsp3) is 0.172. The highest BCUT2D eigenvalue weighted by atomic mass is 14.8. The number of nitrogens with zero attached hydrogens (tertiary/aromatic N) is 4. The average molecular weight is 433 g/mol. The van der Waals surface area contributed by atoms with Gasteiger partial charge in [0.15, 0.2) is 0 Å². The standard InChI is InChI=1S/C29H28N4/c1-3-4-5-22-6-8-24(9-7-22)31-26-14-16-28(17-15-26)33-29-20-18-27(19-21-29)32-25-12-10-23(30-2)11-13-25/h6-21H,3-5H2,1-2H3. The first kappa shape index (κ1) is 22.3. The van der Waals surface area contributed by atoms with Crippen LogP contribution in [0.2, 0.25) is 0 Å². The van der Waals surface area contributed by atoms with Gasteiger partial charge in [0.25, 0.3) is 0 Å². The zero-order valence-electron chi connectivity index (χ0n) is 19.1. The highest BCUT2D eigenvalue weighted by Gasteiger charge is 2.02. The number of rotatable bonds is 6. The molecule has 0 unspecified atom stereocenters. The Labute approximate surface area is 196 Å². The first-order valence-electron chi connectivity index (χ1n) is 11.4. The summed E-state index contributed by atoms with van der Waals surface area (Å²) in [7, 11) is 1.78. The minimum Gasteiger partial charge on any atom is -0.289 e. The van der Waals surface area contributed by atoms with Crippen molar-refractivity contribution in [3.63, 3.8) is 0 Å². The van der Waals surface area contributed by atoms with Gasteiger partial charge in [-0.15, -0.1) is 0 Å². The number of benzene rings is 2. The topological polar surface area (TPSA) is 49.4 Å². The lowest BCUT2D eigenvalue weighted by molar-refractivity contribution is 0.795. The molecule has 4 rings (SSSR count). The lowest BCUT2D eigenvalue weighted by atomic mass is 10.1. The molecule has 0 N–H and O–H groups in total. The van der Waals surface area contributed by atoms with E-state index in [1.807, 2.05) is 72.9 Å². The van der Waals surface area contributed by atoms with Crippen LogP contribution in [0.25, 0.3) is 0 Å². The number of hydrogen-bond acceptors (Lipinski definition) is 4. The summed E-state index contributed by atoms with van der Waals surface area (Å²) in [6, 6.07) is 16.4. The van der Waals surface area contributed by atoms with Crippen molar-refractivity contribution in [1.82, 2.24) is 0 Å². The molecule has 0 fully saturated rings. The summed E-state index contributed by atoms with van der Waals surface area (Å²) < 4.78 is 0. The Bertz CT molecular complexity index is 1180. The van der Waals surface area contributed by atoms with Crippen molar-refractivity contribution in [2.45, 2.75) is 26.2 Å². The Morgan fingerprint density at radius 3 is 1.24 bits per heavy atom. The number of hydrogen-bond donors (Lipinski definition) is 0. The third kappa shape index (κ3) is 6.53. The van der Waals surface area contributed by atoms with E-state index in [4.69, 9.17) is 9.98 Å². The van der Waals surface area contributed by atoms with Crippen LogP contribution in [-0.2, 0) is 6.42 Å². The first-order chi connectivity index (χ1) is 16.2. The summed E-state index contributed by atoms with van der Waals surface area (Å²) in [6.07, 6.45) is 19.4. The second-order valence-electron chi connectivity index (χ2n) is 7.88. The van der Waals surface area contributed by atoms with Gasteiger partial charge in [0.05, 0.1) is 39.9 Å². The van der Waals surface area contributed by atoms with Gasteiger partial charge < -0.3 is 0 Å². The van der Waals surface area contributed by atoms with E-state index < -0.39 is 0 Å². The Balaban J connectivity index is 1.38. The lowest BCUT2D eigenvalue weighted by Crippen LogP contribution is -1.99. The third-order valence-corrected chi connectivity index (χ3v) is 5.34. The Morgan fingerprint density at radius 1 is 0.515 bits per heavy atom. The zero-order chi connectivity index (χ0) is 22.9. The predicted molar refractivity (Wildman–Crippen MR) is 143 cm³/mol. The largest absolute Gasteiger partial charge is 0.289 e. The monoisotopic (exact) mass is 432 g/mol. The van der Waals surface area contributed by atoms with Gasteiger partial charge in [0, 0.05) is 7.05 Å². The summed E-state index contributed by atoms with van der Waals surface area (Å²) >= 11 is 0. The zero-order valence-corrected chi connectivity index (χ0v) is 19.1. The van der Waals surface area contributed by atoms with Crippen molar-refractivity contribution in [2.75, 3.05) is 7.05 Å². The third-order valence-electron chi connectivity index (χ3n) is 5.34. The molecule has 2 aromatic carbocycles. The molecule has 33 heavy (non-hydrogen) atoms. The molecule has 0 atom stereocenters. The highest BCUT2D eigenvalue weighted by Crippen LogP contribution is 2.21. The molecule has 0 aliphatic heterocycles. The van der Waals surface area contributed by atoms with Gasteiger partial charge in [0.2, 0.25) is 0 Å². The van der Waals surface area contributed by atoms with Crippen LogP contribution in [0.3, 0.4) is 0 Å². The molecule has 0 spiro atoms. The van der Waals surface area contributed by atoms with Gasteiger partial charge >= 0.3 is 0 Å². The molecule has 0 amide bonds. The van der Waals surface area contributed by atoms with Gasteiger partial charge in [-0.25, -0.2) is 15.0 Å². The van der Waals surface area contributed by atoms with Gasteiger partial charge in [-0.3, -0.25) is 4.99 Å². The van der Waals surface area contributed by atoms with Crippen LogP contribution in [0.1, 0.15) is 25.3 Å². The molecule has 2 aromatic rings. The maximum Gasteiger partial charge on any atom is 0.0638 e. The van der Waals surface area contributed by atoms with Crippen LogP contribution >= 0.6 is 0 Å². The number of allylic oxidation sites excluding steroid dienone is 8. The van der Waals surface area contributed by atoms with Gasteiger partial charge in [-0.1, -0.05) is 25.5 Å². The molecule has 0 bridgehead atoms. The number of unbranched alkanes of at least 4 members (excludes halogenated alkanes) is 1. The van der Waals surface area contributed by atoms with Crippen molar-refractivity contribution in [3.05, 3.63) is 103 Å². The van der Waals surface area contributed by atoms with Gasteiger partial charge in [0.1, 0.15) is 0 Å². The quantitative estimate of drug-likeness (QED) is 0.431. The molecule has 4 heteroatoms. The van der Waals surface area contributed by atoms with Crippen LogP contribution in [0.4, 0.5) is 17.1 Å². The summed E-state index contributed by atoms with van der Waals surface area (Å²) in [5.74, 6) is 0. The van der Waals surface area contributed by atoms with Crippen LogP contribution in [0.15, 0.2) is 117 Å². The molecule has 4 nitrogen and oxygen atoms in total. The Morgan fingerprint density at radius 2 is 0.879 bits per heavy atom. The van der Waals surface area contributed by atoms with Crippen LogP contribution in [0, 0.1) is 0 Å². The molecule has 0 heterocycles. The smallest absolute Gasteiger partial charge is 0.0638 e. The molecule has 0 aromatic heterocycles. The fourth-order valence-electron chi connectivity index (χ4n) is 3.44. The van der Waals surface area contributed by atoms with Crippen LogP contribution in [-0.4, -0.2) is 29.9 Å². The average Bonchev–Trinajstić information content (AvgIpc) is 2.86. The lowest BCUT2D eigenvalue weighted by Gasteiger charge is -2.05. The van der Waals surface area contributed by atoms with Gasteiger partial charge in [-0.2, -0.15) is 0 Å². The second-order valence-corrected chi connectivity index (χ2v) is 7.88. The van der Waals surface area contributed by atoms with E-state index in [9.17, 15) is 0 Å². The normalized spacial score (nSPS) is 14.6. The second kappa shape index (κ2) is 11.1. The summed E-state index contributed by atoms with van der Waals surface area (Å²) in [4.78, 5) is 18.2. The van der Waals surface area contributed by atoms with Crippen molar-refractivity contribution in [3.8, 4) is 0 Å². The van der Waals surface area contributed by atoms with Crippen molar-refractivity contribution in [1.29, 1.82) is 0 Å². The molecular weight excluding hydrogens is 404 g/mol. The fourth-order valence-corrected chi connectivity index (χ4v) is 3.44. The van der Waals surface area contributed by atoms with Gasteiger partial charge in [-0.05, 0) is 103 Å². The molecular formula is C29H28N4. The summed E-state index contributed by atoms with van der Waals surface area (Å²) in [5, 5.41) is 0. The van der Waals surface area contributed by atoms with Crippen LogP contribution < -0.4 is 0 Å². The molecule has 164 valence electrons. The first-order valence-corrected chi connectivity index (χ1v) is 11.4. The maximum atomic E-state index is 4.71.